The maximum Gasteiger partial charge on any atom is 0.115 e. The Morgan fingerprint density at radius 3 is 2.74 bits per heavy atom. The molecule has 0 aliphatic heterocycles. The van der Waals surface area contributed by atoms with Crippen LogP contribution in [0.1, 0.15) is 34.7 Å². The van der Waals surface area contributed by atoms with Crippen LogP contribution in [0, 0.1) is 0 Å². The predicted octanol–water partition coefficient (Wildman–Crippen LogP) is 2.47. The van der Waals surface area contributed by atoms with E-state index in [9.17, 15) is 0 Å². The van der Waals surface area contributed by atoms with Gasteiger partial charge in [-0.3, -0.25) is 0 Å². The van der Waals surface area contributed by atoms with Crippen molar-refractivity contribution in [3.05, 3.63) is 59.2 Å². The van der Waals surface area contributed by atoms with E-state index in [1.807, 2.05) is 19.4 Å². The van der Waals surface area contributed by atoms with Crippen LogP contribution in [-0.2, 0) is 19.3 Å². The molecule has 1 atom stereocenters. The Morgan fingerprint density at radius 1 is 1.16 bits per heavy atom. The average molecular weight is 253 g/mol. The van der Waals surface area contributed by atoms with Crippen LogP contribution < -0.4 is 5.32 Å². The van der Waals surface area contributed by atoms with Crippen LogP contribution in [0.3, 0.4) is 0 Å². The standard InChI is InChI=1S/C16H19N3/c1-17-16(15-9-18-11-19-10-15)8-12-5-6-13-3-2-4-14(13)7-12/h5-7,9-11,16-17H,2-4,8H2,1H3. The van der Waals surface area contributed by atoms with Crippen molar-refractivity contribution in [2.75, 3.05) is 7.05 Å². The van der Waals surface area contributed by atoms with E-state index >= 15 is 0 Å². The molecule has 1 aromatic carbocycles. The molecule has 3 nitrogen and oxygen atoms in total. The molecule has 1 aliphatic carbocycles. The Hall–Kier alpha value is -1.74. The first-order valence-electron chi connectivity index (χ1n) is 6.89. The van der Waals surface area contributed by atoms with Crippen molar-refractivity contribution in [2.24, 2.45) is 0 Å². The number of hydrogen-bond donors (Lipinski definition) is 1. The molecule has 1 unspecified atom stereocenters. The molecule has 3 rings (SSSR count). The van der Waals surface area contributed by atoms with Crippen LogP contribution in [0.5, 0.6) is 0 Å². The summed E-state index contributed by atoms with van der Waals surface area (Å²) in [5, 5.41) is 3.35. The van der Waals surface area contributed by atoms with Crippen molar-refractivity contribution in [2.45, 2.75) is 31.7 Å². The molecule has 0 spiro atoms. The van der Waals surface area contributed by atoms with Gasteiger partial charge in [0.15, 0.2) is 0 Å². The van der Waals surface area contributed by atoms with Gasteiger partial charge in [0.1, 0.15) is 6.33 Å². The molecule has 98 valence electrons. The minimum Gasteiger partial charge on any atom is -0.313 e. The van der Waals surface area contributed by atoms with Gasteiger partial charge in [-0.1, -0.05) is 18.2 Å². The predicted molar refractivity (Wildman–Crippen MR) is 76.0 cm³/mol. The largest absolute Gasteiger partial charge is 0.313 e. The highest BCUT2D eigenvalue weighted by Gasteiger charge is 2.14. The highest BCUT2D eigenvalue weighted by molar-refractivity contribution is 5.36. The van der Waals surface area contributed by atoms with Gasteiger partial charge in [-0.25, -0.2) is 9.97 Å². The summed E-state index contributed by atoms with van der Waals surface area (Å²) in [6.45, 7) is 0. The van der Waals surface area contributed by atoms with Gasteiger partial charge < -0.3 is 5.32 Å². The highest BCUT2D eigenvalue weighted by Crippen LogP contribution is 2.25. The number of nitrogens with one attached hydrogen (secondary N) is 1. The third-order valence-corrected chi connectivity index (χ3v) is 3.93. The first-order chi connectivity index (χ1) is 9.36. The van der Waals surface area contributed by atoms with Gasteiger partial charge in [0.05, 0.1) is 0 Å². The van der Waals surface area contributed by atoms with Gasteiger partial charge >= 0.3 is 0 Å². The number of hydrogen-bond acceptors (Lipinski definition) is 3. The first-order valence-corrected chi connectivity index (χ1v) is 6.89. The van der Waals surface area contributed by atoms with E-state index in [1.54, 1.807) is 6.33 Å². The molecule has 0 amide bonds. The van der Waals surface area contributed by atoms with Crippen LogP contribution in [0.2, 0.25) is 0 Å². The van der Waals surface area contributed by atoms with Gasteiger partial charge in [-0.2, -0.15) is 0 Å². The number of fused-ring (bicyclic) bond motifs is 1. The molecule has 2 aromatic rings. The number of benzene rings is 1. The molecule has 0 saturated carbocycles. The molecule has 3 heteroatoms. The van der Waals surface area contributed by atoms with Gasteiger partial charge in [-0.15, -0.1) is 0 Å². The molecular formula is C16H19N3. The lowest BCUT2D eigenvalue weighted by atomic mass is 9.98. The van der Waals surface area contributed by atoms with E-state index in [2.05, 4.69) is 33.5 Å². The first kappa shape index (κ1) is 12.3. The van der Waals surface area contributed by atoms with Gasteiger partial charge in [-0.05, 0) is 49.4 Å². The number of aryl methyl sites for hydroxylation is 2. The minimum atomic E-state index is 0.278. The Kier molecular flexibility index (Phi) is 3.56. The maximum atomic E-state index is 4.10. The van der Waals surface area contributed by atoms with Gasteiger partial charge in [0, 0.05) is 24.0 Å². The second-order valence-electron chi connectivity index (χ2n) is 5.17. The summed E-state index contributed by atoms with van der Waals surface area (Å²) >= 11 is 0. The molecule has 19 heavy (non-hydrogen) atoms. The molecule has 0 radical (unpaired) electrons. The molecule has 0 bridgehead atoms. The Morgan fingerprint density at radius 2 is 1.95 bits per heavy atom. The van der Waals surface area contributed by atoms with Crippen LogP contribution in [0.15, 0.2) is 36.9 Å². The Bertz CT molecular complexity index is 551. The molecule has 0 fully saturated rings. The zero-order chi connectivity index (χ0) is 13.1. The van der Waals surface area contributed by atoms with Crippen LogP contribution >= 0.6 is 0 Å². The van der Waals surface area contributed by atoms with E-state index < -0.39 is 0 Å². The van der Waals surface area contributed by atoms with E-state index in [0.717, 1.165) is 12.0 Å². The zero-order valence-electron chi connectivity index (χ0n) is 11.3. The molecular weight excluding hydrogens is 234 g/mol. The lowest BCUT2D eigenvalue weighted by molar-refractivity contribution is 0.587. The number of aromatic nitrogens is 2. The SMILES string of the molecule is CNC(Cc1ccc2c(c1)CCC2)c1cncnc1. The second-order valence-corrected chi connectivity index (χ2v) is 5.17. The molecule has 1 heterocycles. The molecule has 1 aromatic heterocycles. The molecule has 1 aliphatic rings. The summed E-state index contributed by atoms with van der Waals surface area (Å²) in [6.07, 6.45) is 10.1. The fourth-order valence-electron chi connectivity index (χ4n) is 2.86. The third kappa shape index (κ3) is 2.66. The normalized spacial score (nSPS) is 15.2. The number of likely N-dealkylation sites (N-methyl/N-ethyl adjacent to an activating group) is 1. The second kappa shape index (κ2) is 5.49. The average Bonchev–Trinajstić information content (AvgIpc) is 2.93. The topological polar surface area (TPSA) is 37.8 Å². The van der Waals surface area contributed by atoms with E-state index in [-0.39, 0.29) is 6.04 Å². The fourth-order valence-corrected chi connectivity index (χ4v) is 2.86. The monoisotopic (exact) mass is 253 g/mol. The summed E-state index contributed by atoms with van der Waals surface area (Å²) in [6, 6.07) is 7.21. The van der Waals surface area contributed by atoms with Crippen molar-refractivity contribution in [1.29, 1.82) is 0 Å². The molecule has 1 N–H and O–H groups in total. The van der Waals surface area contributed by atoms with Crippen molar-refractivity contribution >= 4 is 0 Å². The summed E-state index contributed by atoms with van der Waals surface area (Å²) in [5.41, 5.74) is 5.61. The summed E-state index contributed by atoms with van der Waals surface area (Å²) in [7, 11) is 1.99. The van der Waals surface area contributed by atoms with E-state index in [0.29, 0.717) is 0 Å². The lowest BCUT2D eigenvalue weighted by Gasteiger charge is -2.16. The summed E-state index contributed by atoms with van der Waals surface area (Å²) < 4.78 is 0. The van der Waals surface area contributed by atoms with Crippen LogP contribution in [0.25, 0.3) is 0 Å². The Labute approximate surface area is 114 Å². The number of nitrogens with zero attached hydrogens (tertiary/aromatic N) is 2. The minimum absolute atomic E-state index is 0.278. The fraction of sp³-hybridized carbons (Fsp3) is 0.375. The smallest absolute Gasteiger partial charge is 0.115 e. The zero-order valence-corrected chi connectivity index (χ0v) is 11.3. The number of rotatable bonds is 4. The molecule has 0 saturated heterocycles. The van der Waals surface area contributed by atoms with Gasteiger partial charge in [0.25, 0.3) is 0 Å². The van der Waals surface area contributed by atoms with E-state index in [1.165, 1.54) is 36.0 Å². The lowest BCUT2D eigenvalue weighted by Crippen LogP contribution is -2.19. The quantitative estimate of drug-likeness (QED) is 0.909. The van der Waals surface area contributed by atoms with Crippen LogP contribution in [-0.4, -0.2) is 17.0 Å². The Balaban J connectivity index is 1.80. The van der Waals surface area contributed by atoms with Crippen LogP contribution in [0.4, 0.5) is 0 Å². The maximum absolute atomic E-state index is 4.10. The summed E-state index contributed by atoms with van der Waals surface area (Å²) in [5.74, 6) is 0. The van der Waals surface area contributed by atoms with Crippen molar-refractivity contribution in [3.63, 3.8) is 0 Å². The van der Waals surface area contributed by atoms with Crippen molar-refractivity contribution in [3.8, 4) is 0 Å². The van der Waals surface area contributed by atoms with Gasteiger partial charge in [0.2, 0.25) is 0 Å². The van der Waals surface area contributed by atoms with Crippen molar-refractivity contribution in [1.82, 2.24) is 15.3 Å². The van der Waals surface area contributed by atoms with Crippen molar-refractivity contribution < 1.29 is 0 Å². The van der Waals surface area contributed by atoms with E-state index in [4.69, 9.17) is 0 Å². The highest BCUT2D eigenvalue weighted by atomic mass is 14.9. The summed E-state index contributed by atoms with van der Waals surface area (Å²) in [4.78, 5) is 8.20. The third-order valence-electron chi connectivity index (χ3n) is 3.93.